The number of aliphatic hydroxyl groups excluding tert-OH is 1. The van der Waals surface area contributed by atoms with Crippen LogP contribution in [0.25, 0.3) is 0 Å². The van der Waals surface area contributed by atoms with E-state index < -0.39 is 48.4 Å². The van der Waals surface area contributed by atoms with Crippen LogP contribution in [0.2, 0.25) is 18.6 Å². The molecule has 1 unspecified atom stereocenters. The summed E-state index contributed by atoms with van der Waals surface area (Å²) < 4.78 is 23.3. The van der Waals surface area contributed by atoms with E-state index in [2.05, 4.69) is 10.6 Å². The average molecular weight is 744 g/mol. The number of non-ortho nitro benzene ring substituents is 1. The highest BCUT2D eigenvalue weighted by molar-refractivity contribution is 6.72. The van der Waals surface area contributed by atoms with Gasteiger partial charge < -0.3 is 34.4 Å². The summed E-state index contributed by atoms with van der Waals surface area (Å²) in [4.78, 5) is 56.6. The molecule has 2 fully saturated rings. The van der Waals surface area contributed by atoms with E-state index in [1.54, 1.807) is 30.0 Å². The van der Waals surface area contributed by atoms with Crippen LogP contribution in [0.3, 0.4) is 0 Å². The molecule has 3 aromatic carbocycles. The fourth-order valence-corrected chi connectivity index (χ4v) is 11.6. The number of piperidine rings is 1. The lowest BCUT2D eigenvalue weighted by molar-refractivity contribution is -0.385. The zero-order valence-corrected chi connectivity index (χ0v) is 31.2. The third-order valence-corrected chi connectivity index (χ3v) is 14.1. The van der Waals surface area contributed by atoms with Gasteiger partial charge in [0.05, 0.1) is 48.2 Å². The number of nitrogens with one attached hydrogen (secondary N) is 2. The van der Waals surface area contributed by atoms with E-state index in [0.29, 0.717) is 29.9 Å². The smallest absolute Gasteiger partial charge is 0.269 e. The lowest BCUT2D eigenvalue weighted by Crippen LogP contribution is -2.48. The Kier molecular flexibility index (Phi) is 10.00. The van der Waals surface area contributed by atoms with Gasteiger partial charge >= 0.3 is 0 Å². The van der Waals surface area contributed by atoms with E-state index in [0.717, 1.165) is 30.5 Å². The first-order valence-corrected chi connectivity index (χ1v) is 21.3. The van der Waals surface area contributed by atoms with Crippen LogP contribution in [0.5, 0.6) is 0 Å². The van der Waals surface area contributed by atoms with Crippen LogP contribution in [0.4, 0.5) is 21.2 Å². The molecule has 0 radical (unpaired) electrons. The molecule has 4 heterocycles. The quantitative estimate of drug-likeness (QED) is 0.117. The Hall–Kier alpha value is -4.50. The molecule has 0 bridgehead atoms. The summed E-state index contributed by atoms with van der Waals surface area (Å²) in [7, 11) is -3.66. The minimum absolute atomic E-state index is 0.0618. The monoisotopic (exact) mass is 743 g/mol. The van der Waals surface area contributed by atoms with Gasteiger partial charge in [-0.15, -0.1) is 0 Å². The maximum Gasteiger partial charge on any atom is 0.269 e. The topological polar surface area (TPSA) is 154 Å². The van der Waals surface area contributed by atoms with Crippen LogP contribution >= 0.6 is 0 Å². The second-order valence-corrected chi connectivity index (χ2v) is 19.2. The number of carbonyl (C=O) groups is 3. The Morgan fingerprint density at radius 3 is 2.60 bits per heavy atom. The Balaban J connectivity index is 1.20. The maximum absolute atomic E-state index is 16.5. The third-order valence-electron chi connectivity index (χ3n) is 11.6. The molecular formula is C39H46FN5O7Si. The Morgan fingerprint density at radius 2 is 1.91 bits per heavy atom. The zero-order chi connectivity index (χ0) is 37.7. The van der Waals surface area contributed by atoms with Crippen molar-refractivity contribution in [1.29, 1.82) is 0 Å². The zero-order valence-electron chi connectivity index (χ0n) is 30.2. The standard InChI is InChI=1S/C39H46FN5O7Si/c1-24-36(53(2,3)40)34(19-35(47)43-22-28-10-5-4-9-26(28)17-31(43)23-46)52-39(24)32-18-30(45(50)51)13-14-33(32)44(38(39)49)21-25-8-6-12-29(16-25)42-37(48)27-11-7-15-41-20-27/h4-6,8-10,12-14,16,18,24,27,31,34,36,41,46H,7,11,15,17,19-23H2,1-3H3,(H,42,48)/t24-,27?,31+,34+,36-,39+/m1/s1. The summed E-state index contributed by atoms with van der Waals surface area (Å²) in [5, 5.41) is 28.6. The summed E-state index contributed by atoms with van der Waals surface area (Å²) in [5.74, 6) is -1.80. The minimum atomic E-state index is -3.66. The third kappa shape index (κ3) is 6.77. The molecule has 6 atom stereocenters. The van der Waals surface area contributed by atoms with Crippen LogP contribution in [0.15, 0.2) is 66.7 Å². The lowest BCUT2D eigenvalue weighted by atomic mass is 9.82. The first-order valence-electron chi connectivity index (χ1n) is 18.4. The number of nitrogens with zero attached hydrogens (tertiary/aromatic N) is 3. The predicted octanol–water partition coefficient (Wildman–Crippen LogP) is 5.19. The van der Waals surface area contributed by atoms with Crippen molar-refractivity contribution in [3.63, 3.8) is 0 Å². The Bertz CT molecular complexity index is 1930. The summed E-state index contributed by atoms with van der Waals surface area (Å²) in [6.45, 7) is 6.42. The van der Waals surface area contributed by atoms with Crippen LogP contribution in [-0.2, 0) is 44.2 Å². The predicted molar refractivity (Wildman–Crippen MR) is 199 cm³/mol. The molecule has 3 aromatic rings. The average Bonchev–Trinajstić information content (AvgIpc) is 3.57. The summed E-state index contributed by atoms with van der Waals surface area (Å²) in [6, 6.07) is 18.7. The lowest BCUT2D eigenvalue weighted by Gasteiger charge is -2.37. The Labute approximate surface area is 309 Å². The van der Waals surface area contributed by atoms with Gasteiger partial charge in [0.15, 0.2) is 5.60 Å². The van der Waals surface area contributed by atoms with Gasteiger partial charge in [0.2, 0.25) is 20.2 Å². The van der Waals surface area contributed by atoms with E-state index in [9.17, 15) is 29.6 Å². The van der Waals surface area contributed by atoms with Crippen molar-refractivity contribution in [2.24, 2.45) is 11.8 Å². The number of ether oxygens (including phenoxy) is 1. The van der Waals surface area contributed by atoms with Crippen molar-refractivity contribution in [2.75, 3.05) is 29.9 Å². The van der Waals surface area contributed by atoms with Crippen molar-refractivity contribution in [2.45, 2.75) is 82.1 Å². The number of rotatable bonds is 9. The second-order valence-electron chi connectivity index (χ2n) is 15.4. The number of anilines is 2. The summed E-state index contributed by atoms with van der Waals surface area (Å²) in [6.07, 6.45) is 0.979. The van der Waals surface area contributed by atoms with Crippen LogP contribution in [0.1, 0.15) is 48.4 Å². The number of benzene rings is 3. The highest BCUT2D eigenvalue weighted by atomic mass is 28.4. The highest BCUT2D eigenvalue weighted by Gasteiger charge is 2.67. The van der Waals surface area contributed by atoms with E-state index in [1.807, 2.05) is 30.3 Å². The molecule has 7 rings (SSSR count). The molecule has 12 nitrogen and oxygen atoms in total. The van der Waals surface area contributed by atoms with Gasteiger partial charge in [-0.2, -0.15) is 0 Å². The van der Waals surface area contributed by atoms with Crippen LogP contribution in [0, 0.1) is 22.0 Å². The van der Waals surface area contributed by atoms with Gasteiger partial charge in [-0.25, -0.2) is 0 Å². The number of halogens is 1. The van der Waals surface area contributed by atoms with Crippen molar-refractivity contribution in [3.8, 4) is 0 Å². The number of aliphatic hydroxyl groups is 1. The van der Waals surface area contributed by atoms with E-state index in [4.69, 9.17) is 4.74 Å². The van der Waals surface area contributed by atoms with E-state index in [-0.39, 0.29) is 55.1 Å². The van der Waals surface area contributed by atoms with Crippen molar-refractivity contribution >= 4 is 43.2 Å². The van der Waals surface area contributed by atoms with Crippen molar-refractivity contribution in [1.82, 2.24) is 10.2 Å². The number of fused-ring (bicyclic) bond motifs is 3. The number of amides is 3. The maximum atomic E-state index is 16.5. The second kappa shape index (κ2) is 14.4. The Morgan fingerprint density at radius 1 is 1.13 bits per heavy atom. The van der Waals surface area contributed by atoms with Gasteiger partial charge in [-0.1, -0.05) is 43.3 Å². The molecular weight excluding hydrogens is 698 g/mol. The van der Waals surface area contributed by atoms with Crippen molar-refractivity contribution in [3.05, 3.63) is 99.1 Å². The van der Waals surface area contributed by atoms with Gasteiger partial charge in [0.25, 0.3) is 11.6 Å². The summed E-state index contributed by atoms with van der Waals surface area (Å²) >= 11 is 0. The number of hydrogen-bond acceptors (Lipinski definition) is 8. The molecule has 53 heavy (non-hydrogen) atoms. The normalized spacial score (nSPS) is 26.7. The number of hydrogen-bond donors (Lipinski definition) is 3. The molecule has 2 saturated heterocycles. The largest absolute Gasteiger partial charge is 0.394 e. The van der Waals surface area contributed by atoms with E-state index in [1.165, 1.54) is 36.2 Å². The molecule has 0 aliphatic carbocycles. The number of nitro groups is 1. The summed E-state index contributed by atoms with van der Waals surface area (Å²) in [5.41, 5.74) is 1.17. The number of nitro benzene ring substituents is 1. The minimum Gasteiger partial charge on any atom is -0.394 e. The molecule has 1 spiro atoms. The number of carbonyl (C=O) groups excluding carboxylic acids is 3. The molecule has 14 heteroatoms. The van der Waals surface area contributed by atoms with Gasteiger partial charge in [-0.3, -0.25) is 24.5 Å². The molecule has 4 aliphatic rings. The first-order chi connectivity index (χ1) is 25.3. The molecule has 3 N–H and O–H groups in total. The van der Waals surface area contributed by atoms with Crippen LogP contribution in [-0.4, -0.2) is 72.9 Å². The SMILES string of the molecule is C[C@@H]1[C@@H]([Si](C)(C)F)[C@H](CC(=O)N2Cc3ccccc3C[C@H]2CO)O[C@@]12C(=O)N(Cc1cccc(NC(=O)C3CCCNC3)c1)c1ccc([N+](=O)[O-])cc12. The molecule has 4 aliphatic heterocycles. The van der Waals surface area contributed by atoms with Crippen molar-refractivity contribution < 1.29 is 33.3 Å². The van der Waals surface area contributed by atoms with Gasteiger partial charge in [-0.05, 0) is 73.8 Å². The van der Waals surface area contributed by atoms with Gasteiger partial charge in [0, 0.05) is 47.9 Å². The van der Waals surface area contributed by atoms with Gasteiger partial charge in [0.1, 0.15) is 0 Å². The molecule has 0 aromatic heterocycles. The molecule has 3 amide bonds. The van der Waals surface area contributed by atoms with E-state index >= 15 is 4.11 Å². The fourth-order valence-electron chi connectivity index (χ4n) is 9.09. The molecule has 280 valence electrons. The highest BCUT2D eigenvalue weighted by Crippen LogP contribution is 2.60. The van der Waals surface area contributed by atoms with Crippen LogP contribution < -0.4 is 15.5 Å². The first kappa shape index (κ1) is 36.8. The molecule has 0 saturated carbocycles. The fraction of sp³-hybridized carbons (Fsp3) is 0.462.